The number of methoxy groups -OCH3 is 1. The average Bonchev–Trinajstić information content (AvgIpc) is 2.79. The monoisotopic (exact) mass is 423 g/mol. The number of rotatable bonds is 6. The number of ether oxygens (including phenoxy) is 1. The standard InChI is InChI=1S/C24H33N5O2/c1-19-6-5-7-21(16-19)28-12-14-29(15-13-28)24(26-18-23(30)27(2)3)25-17-20-8-10-22(31-4)11-9-20/h5-11,16H,12-15,17-18H2,1-4H3,(H,25,26). The van der Waals surface area contributed by atoms with Gasteiger partial charge in [0, 0.05) is 46.0 Å². The molecule has 166 valence electrons. The van der Waals surface area contributed by atoms with Crippen LogP contribution in [0, 0.1) is 6.92 Å². The normalized spacial score (nSPS) is 14.4. The highest BCUT2D eigenvalue weighted by molar-refractivity contribution is 5.86. The summed E-state index contributed by atoms with van der Waals surface area (Å²) in [4.78, 5) is 23.1. The van der Waals surface area contributed by atoms with Gasteiger partial charge in [-0.1, -0.05) is 24.3 Å². The van der Waals surface area contributed by atoms with Crippen molar-refractivity contribution in [3.63, 3.8) is 0 Å². The number of aryl methyl sites for hydroxylation is 1. The van der Waals surface area contributed by atoms with Crippen LogP contribution in [-0.4, -0.2) is 75.6 Å². The number of hydrogen-bond donors (Lipinski definition) is 1. The van der Waals surface area contributed by atoms with Gasteiger partial charge in [0.2, 0.25) is 5.91 Å². The molecule has 3 rings (SSSR count). The second kappa shape index (κ2) is 10.7. The van der Waals surface area contributed by atoms with Crippen molar-refractivity contribution in [2.75, 3.05) is 58.8 Å². The first kappa shape index (κ1) is 22.5. The molecule has 31 heavy (non-hydrogen) atoms. The van der Waals surface area contributed by atoms with E-state index in [4.69, 9.17) is 9.73 Å². The number of carbonyl (C=O) groups excluding carboxylic acids is 1. The Morgan fingerprint density at radius 1 is 1.10 bits per heavy atom. The lowest BCUT2D eigenvalue weighted by molar-refractivity contribution is -0.127. The number of aliphatic imine (C=N–C) groups is 1. The molecule has 7 nitrogen and oxygen atoms in total. The summed E-state index contributed by atoms with van der Waals surface area (Å²) in [6, 6.07) is 16.5. The number of hydrogen-bond acceptors (Lipinski definition) is 4. The van der Waals surface area contributed by atoms with Crippen LogP contribution in [0.15, 0.2) is 53.5 Å². The van der Waals surface area contributed by atoms with E-state index in [-0.39, 0.29) is 12.5 Å². The molecule has 7 heteroatoms. The number of piperazine rings is 1. The highest BCUT2D eigenvalue weighted by Crippen LogP contribution is 2.18. The third kappa shape index (κ3) is 6.38. The van der Waals surface area contributed by atoms with Crippen molar-refractivity contribution in [2.45, 2.75) is 13.5 Å². The highest BCUT2D eigenvalue weighted by atomic mass is 16.5. The number of guanidine groups is 1. The lowest BCUT2D eigenvalue weighted by atomic mass is 10.2. The Hall–Kier alpha value is -3.22. The summed E-state index contributed by atoms with van der Waals surface area (Å²) in [7, 11) is 5.19. The Morgan fingerprint density at radius 2 is 1.81 bits per heavy atom. The average molecular weight is 424 g/mol. The van der Waals surface area contributed by atoms with Crippen LogP contribution in [-0.2, 0) is 11.3 Å². The maximum absolute atomic E-state index is 12.1. The molecule has 0 aromatic heterocycles. The van der Waals surface area contributed by atoms with Crippen LogP contribution in [0.1, 0.15) is 11.1 Å². The fraction of sp³-hybridized carbons (Fsp3) is 0.417. The van der Waals surface area contributed by atoms with E-state index in [9.17, 15) is 4.79 Å². The fourth-order valence-corrected chi connectivity index (χ4v) is 3.48. The third-order valence-corrected chi connectivity index (χ3v) is 5.41. The first-order valence-corrected chi connectivity index (χ1v) is 10.6. The molecule has 0 aliphatic carbocycles. The molecular weight excluding hydrogens is 390 g/mol. The van der Waals surface area contributed by atoms with Gasteiger partial charge < -0.3 is 24.8 Å². The molecule has 0 unspecified atom stereocenters. The van der Waals surface area contributed by atoms with Crippen LogP contribution < -0.4 is 15.0 Å². The van der Waals surface area contributed by atoms with E-state index in [1.54, 1.807) is 26.1 Å². The summed E-state index contributed by atoms with van der Waals surface area (Å²) < 4.78 is 5.23. The fourth-order valence-electron chi connectivity index (χ4n) is 3.48. The molecule has 1 amide bonds. The Labute approximate surface area is 185 Å². The second-order valence-electron chi connectivity index (χ2n) is 7.94. The number of carbonyl (C=O) groups is 1. The molecule has 0 radical (unpaired) electrons. The quantitative estimate of drug-likeness (QED) is 0.571. The zero-order valence-corrected chi connectivity index (χ0v) is 19.0. The molecule has 1 aliphatic heterocycles. The lowest BCUT2D eigenvalue weighted by Crippen LogP contribution is -2.53. The van der Waals surface area contributed by atoms with Crippen LogP contribution in [0.3, 0.4) is 0 Å². The molecule has 0 atom stereocenters. The number of likely N-dealkylation sites (N-methyl/N-ethyl adjacent to an activating group) is 1. The van der Waals surface area contributed by atoms with Crippen LogP contribution >= 0.6 is 0 Å². The topological polar surface area (TPSA) is 60.4 Å². The highest BCUT2D eigenvalue weighted by Gasteiger charge is 2.21. The van der Waals surface area contributed by atoms with Gasteiger partial charge in [-0.3, -0.25) is 4.79 Å². The summed E-state index contributed by atoms with van der Waals surface area (Å²) in [5.41, 5.74) is 3.62. The largest absolute Gasteiger partial charge is 0.497 e. The lowest BCUT2D eigenvalue weighted by Gasteiger charge is -2.38. The zero-order valence-electron chi connectivity index (χ0n) is 19.0. The van der Waals surface area contributed by atoms with Crippen molar-refractivity contribution in [1.29, 1.82) is 0 Å². The molecule has 1 saturated heterocycles. The minimum absolute atomic E-state index is 0.0237. The Balaban J connectivity index is 1.67. The van der Waals surface area contributed by atoms with Crippen LogP contribution in [0.2, 0.25) is 0 Å². The molecule has 0 bridgehead atoms. The van der Waals surface area contributed by atoms with Crippen molar-refractivity contribution in [2.24, 2.45) is 4.99 Å². The van der Waals surface area contributed by atoms with E-state index in [0.29, 0.717) is 6.54 Å². The molecule has 1 heterocycles. The van der Waals surface area contributed by atoms with Crippen molar-refractivity contribution >= 4 is 17.6 Å². The number of nitrogens with zero attached hydrogens (tertiary/aromatic N) is 4. The van der Waals surface area contributed by atoms with Gasteiger partial charge in [0.05, 0.1) is 20.2 Å². The van der Waals surface area contributed by atoms with Gasteiger partial charge >= 0.3 is 0 Å². The van der Waals surface area contributed by atoms with Crippen LogP contribution in [0.5, 0.6) is 5.75 Å². The minimum atomic E-state index is 0.0237. The third-order valence-electron chi connectivity index (χ3n) is 5.41. The first-order chi connectivity index (χ1) is 15.0. The number of amides is 1. The number of benzene rings is 2. The SMILES string of the molecule is COc1ccc(CN=C(NCC(=O)N(C)C)N2CCN(c3cccc(C)c3)CC2)cc1. The second-order valence-corrected chi connectivity index (χ2v) is 7.94. The minimum Gasteiger partial charge on any atom is -0.497 e. The first-order valence-electron chi connectivity index (χ1n) is 10.6. The van der Waals surface area contributed by atoms with Gasteiger partial charge in [-0.05, 0) is 42.3 Å². The Bertz CT molecular complexity index is 887. The van der Waals surface area contributed by atoms with E-state index < -0.39 is 0 Å². The van der Waals surface area contributed by atoms with Gasteiger partial charge in [-0.2, -0.15) is 0 Å². The molecule has 0 saturated carbocycles. The van der Waals surface area contributed by atoms with Crippen LogP contribution in [0.4, 0.5) is 5.69 Å². The maximum atomic E-state index is 12.1. The molecular formula is C24H33N5O2. The van der Waals surface area contributed by atoms with E-state index in [2.05, 4.69) is 46.3 Å². The van der Waals surface area contributed by atoms with Gasteiger partial charge in [-0.25, -0.2) is 4.99 Å². The van der Waals surface area contributed by atoms with Crippen molar-refractivity contribution in [3.8, 4) is 5.75 Å². The van der Waals surface area contributed by atoms with Crippen molar-refractivity contribution in [1.82, 2.24) is 15.1 Å². The summed E-state index contributed by atoms with van der Waals surface area (Å²) >= 11 is 0. The molecule has 1 N–H and O–H groups in total. The maximum Gasteiger partial charge on any atom is 0.241 e. The predicted octanol–water partition coefficient (Wildman–Crippen LogP) is 2.36. The van der Waals surface area contributed by atoms with Crippen molar-refractivity contribution < 1.29 is 9.53 Å². The van der Waals surface area contributed by atoms with E-state index in [1.807, 2.05) is 24.3 Å². The zero-order chi connectivity index (χ0) is 22.2. The summed E-state index contributed by atoms with van der Waals surface area (Å²) in [5.74, 6) is 1.63. The number of anilines is 1. The molecule has 2 aromatic rings. The Kier molecular flexibility index (Phi) is 7.76. The van der Waals surface area contributed by atoms with E-state index >= 15 is 0 Å². The predicted molar refractivity (Wildman–Crippen MR) is 126 cm³/mol. The summed E-state index contributed by atoms with van der Waals surface area (Å²) in [6.45, 7) is 6.40. The molecule has 1 fully saturated rings. The molecule has 2 aromatic carbocycles. The van der Waals surface area contributed by atoms with Gasteiger partial charge in [0.1, 0.15) is 5.75 Å². The van der Waals surface area contributed by atoms with Crippen LogP contribution in [0.25, 0.3) is 0 Å². The van der Waals surface area contributed by atoms with Crippen molar-refractivity contribution in [3.05, 3.63) is 59.7 Å². The van der Waals surface area contributed by atoms with Gasteiger partial charge in [-0.15, -0.1) is 0 Å². The van der Waals surface area contributed by atoms with E-state index in [0.717, 1.165) is 43.5 Å². The molecule has 1 aliphatic rings. The van der Waals surface area contributed by atoms with E-state index in [1.165, 1.54) is 11.3 Å². The van der Waals surface area contributed by atoms with Gasteiger partial charge in [0.25, 0.3) is 0 Å². The Morgan fingerprint density at radius 3 is 2.42 bits per heavy atom. The smallest absolute Gasteiger partial charge is 0.241 e. The summed E-state index contributed by atoms with van der Waals surface area (Å²) in [6.07, 6.45) is 0. The van der Waals surface area contributed by atoms with Gasteiger partial charge in [0.15, 0.2) is 5.96 Å². The molecule has 0 spiro atoms. The number of nitrogens with one attached hydrogen (secondary N) is 1. The summed E-state index contributed by atoms with van der Waals surface area (Å²) in [5, 5.41) is 3.27.